The first-order valence-electron chi connectivity index (χ1n) is 9.24. The van der Waals surface area contributed by atoms with Gasteiger partial charge >= 0.3 is 5.97 Å². The Morgan fingerprint density at radius 1 is 1.25 bits per heavy atom. The molecule has 3 rings (SSSR count). The lowest BCUT2D eigenvalue weighted by atomic mass is 10.1. The van der Waals surface area contributed by atoms with Crippen molar-refractivity contribution in [1.29, 1.82) is 0 Å². The van der Waals surface area contributed by atoms with Crippen molar-refractivity contribution in [2.75, 3.05) is 23.9 Å². The summed E-state index contributed by atoms with van der Waals surface area (Å²) in [6.07, 6.45) is 1.08. The molecule has 1 aromatic carbocycles. The molecule has 1 aliphatic heterocycles. The molecule has 7 heteroatoms. The normalized spacial score (nSPS) is 16.4. The third kappa shape index (κ3) is 3.80. The highest BCUT2D eigenvalue weighted by Gasteiger charge is 2.36. The average Bonchev–Trinajstić information content (AvgIpc) is 3.21. The van der Waals surface area contributed by atoms with E-state index >= 15 is 0 Å². The van der Waals surface area contributed by atoms with Crippen LogP contribution in [0.4, 0.5) is 10.7 Å². The number of carbonyl (C=O) groups excluding carboxylic acids is 3. The van der Waals surface area contributed by atoms with Crippen LogP contribution < -0.4 is 10.2 Å². The van der Waals surface area contributed by atoms with Crippen molar-refractivity contribution in [2.24, 2.45) is 5.92 Å². The number of anilines is 2. The second kappa shape index (κ2) is 8.14. The molecule has 0 saturated carbocycles. The van der Waals surface area contributed by atoms with Gasteiger partial charge in [0, 0.05) is 23.5 Å². The van der Waals surface area contributed by atoms with Crippen molar-refractivity contribution in [1.82, 2.24) is 0 Å². The topological polar surface area (TPSA) is 75.7 Å². The summed E-state index contributed by atoms with van der Waals surface area (Å²) in [6.45, 7) is 6.12. The first-order valence-corrected chi connectivity index (χ1v) is 10.1. The summed E-state index contributed by atoms with van der Waals surface area (Å²) in [5.74, 6) is -1.27. The van der Waals surface area contributed by atoms with E-state index in [2.05, 4.69) is 12.2 Å². The molecule has 148 valence electrons. The number of benzene rings is 1. The Kier molecular flexibility index (Phi) is 5.84. The lowest BCUT2D eigenvalue weighted by Crippen LogP contribution is -2.28. The molecule has 1 fully saturated rings. The van der Waals surface area contributed by atoms with Crippen LogP contribution >= 0.6 is 11.3 Å². The fourth-order valence-corrected chi connectivity index (χ4v) is 4.37. The van der Waals surface area contributed by atoms with Gasteiger partial charge in [-0.3, -0.25) is 9.59 Å². The minimum absolute atomic E-state index is 0.0730. The molecule has 1 unspecified atom stereocenters. The maximum absolute atomic E-state index is 12.8. The van der Waals surface area contributed by atoms with Crippen LogP contribution in [0.5, 0.6) is 0 Å². The molecule has 1 atom stereocenters. The zero-order chi connectivity index (χ0) is 20.4. The Morgan fingerprint density at radius 2 is 1.93 bits per heavy atom. The maximum Gasteiger partial charge on any atom is 0.341 e. The quantitative estimate of drug-likeness (QED) is 0.777. The molecule has 28 heavy (non-hydrogen) atoms. The number of nitrogens with zero attached hydrogens (tertiary/aromatic N) is 1. The number of amides is 2. The third-order valence-corrected chi connectivity index (χ3v) is 6.29. The van der Waals surface area contributed by atoms with Crippen LogP contribution in [0, 0.1) is 19.8 Å². The van der Waals surface area contributed by atoms with Gasteiger partial charge in [0.2, 0.25) is 11.8 Å². The van der Waals surface area contributed by atoms with Gasteiger partial charge in [0.15, 0.2) is 0 Å². The lowest BCUT2D eigenvalue weighted by molar-refractivity contribution is -0.122. The summed E-state index contributed by atoms with van der Waals surface area (Å²) < 4.78 is 4.84. The van der Waals surface area contributed by atoms with E-state index in [4.69, 9.17) is 4.74 Å². The monoisotopic (exact) mass is 400 g/mol. The van der Waals surface area contributed by atoms with Gasteiger partial charge in [-0.05, 0) is 43.5 Å². The second-order valence-electron chi connectivity index (χ2n) is 6.89. The van der Waals surface area contributed by atoms with Crippen LogP contribution in [0.15, 0.2) is 24.3 Å². The molecule has 2 amide bonds. The average molecular weight is 401 g/mol. The highest BCUT2D eigenvalue weighted by Crippen LogP contribution is 2.34. The second-order valence-corrected chi connectivity index (χ2v) is 8.12. The molecule has 0 bridgehead atoms. The number of thiophene rings is 1. The predicted octanol–water partition coefficient (Wildman–Crippen LogP) is 3.71. The van der Waals surface area contributed by atoms with Gasteiger partial charge in [-0.15, -0.1) is 11.3 Å². The van der Waals surface area contributed by atoms with Gasteiger partial charge in [0.1, 0.15) is 5.00 Å². The molecule has 2 heterocycles. The fraction of sp³-hybridized carbons (Fsp3) is 0.381. The molecular formula is C21H24N2O4S. The molecule has 1 N–H and O–H groups in total. The van der Waals surface area contributed by atoms with E-state index in [9.17, 15) is 14.4 Å². The molecule has 1 aliphatic rings. The number of hydrogen-bond donors (Lipinski definition) is 1. The molecule has 2 aromatic rings. The molecule has 0 aliphatic carbocycles. The summed E-state index contributed by atoms with van der Waals surface area (Å²) >= 11 is 1.34. The first kappa shape index (κ1) is 20.1. The summed E-state index contributed by atoms with van der Waals surface area (Å²) in [6, 6.07) is 7.82. The predicted molar refractivity (Wildman–Crippen MR) is 110 cm³/mol. The third-order valence-electron chi connectivity index (χ3n) is 5.16. The van der Waals surface area contributed by atoms with E-state index in [1.54, 1.807) is 4.90 Å². The minimum Gasteiger partial charge on any atom is -0.465 e. The molecule has 1 saturated heterocycles. The van der Waals surface area contributed by atoms with E-state index in [1.165, 1.54) is 24.0 Å². The van der Waals surface area contributed by atoms with Crippen LogP contribution in [-0.2, 0) is 20.7 Å². The Labute approximate surface area is 168 Å². The largest absolute Gasteiger partial charge is 0.465 e. The van der Waals surface area contributed by atoms with Gasteiger partial charge in [-0.25, -0.2) is 4.79 Å². The van der Waals surface area contributed by atoms with Crippen LogP contribution in [0.1, 0.15) is 39.7 Å². The van der Waals surface area contributed by atoms with Crippen LogP contribution in [0.2, 0.25) is 0 Å². The Hall–Kier alpha value is -2.67. The molecule has 6 nitrogen and oxygen atoms in total. The van der Waals surface area contributed by atoms with E-state index in [0.29, 0.717) is 17.1 Å². The molecular weight excluding hydrogens is 376 g/mol. The summed E-state index contributed by atoms with van der Waals surface area (Å²) in [4.78, 5) is 39.9. The minimum atomic E-state index is -0.475. The molecule has 0 spiro atoms. The highest BCUT2D eigenvalue weighted by molar-refractivity contribution is 7.16. The number of ether oxygens (including phenoxy) is 1. The lowest BCUT2D eigenvalue weighted by Gasteiger charge is -2.17. The fourth-order valence-electron chi connectivity index (χ4n) is 3.32. The Balaban J connectivity index is 1.75. The zero-order valence-corrected chi connectivity index (χ0v) is 17.3. The number of nitrogens with one attached hydrogen (secondary N) is 1. The van der Waals surface area contributed by atoms with Crippen molar-refractivity contribution < 1.29 is 19.1 Å². The van der Waals surface area contributed by atoms with Crippen LogP contribution in [-0.4, -0.2) is 31.4 Å². The van der Waals surface area contributed by atoms with Gasteiger partial charge in [0.05, 0.1) is 18.6 Å². The summed E-state index contributed by atoms with van der Waals surface area (Å²) in [5, 5.41) is 3.32. The molecule has 1 aromatic heterocycles. The summed E-state index contributed by atoms with van der Waals surface area (Å²) in [7, 11) is 1.32. The van der Waals surface area contributed by atoms with E-state index in [-0.39, 0.29) is 18.2 Å². The zero-order valence-electron chi connectivity index (χ0n) is 16.5. The van der Waals surface area contributed by atoms with Crippen molar-refractivity contribution in [3.05, 3.63) is 45.8 Å². The summed E-state index contributed by atoms with van der Waals surface area (Å²) in [5.41, 5.74) is 3.18. The number of carbonyl (C=O) groups is 3. The van der Waals surface area contributed by atoms with Gasteiger partial charge < -0.3 is 15.0 Å². The van der Waals surface area contributed by atoms with Gasteiger partial charge in [-0.2, -0.15) is 0 Å². The van der Waals surface area contributed by atoms with Crippen molar-refractivity contribution in [2.45, 2.75) is 33.6 Å². The number of rotatable bonds is 5. The van der Waals surface area contributed by atoms with E-state index < -0.39 is 11.9 Å². The van der Waals surface area contributed by atoms with Crippen molar-refractivity contribution in [3.63, 3.8) is 0 Å². The van der Waals surface area contributed by atoms with Crippen molar-refractivity contribution >= 4 is 39.8 Å². The number of methoxy groups -OCH3 is 1. The standard InChI is InChI=1S/C21H24N2O4S/c1-5-14-6-8-16(9-7-14)23-11-15(10-17(23)24)19(25)22-20-18(21(26)27-4)12(2)13(3)28-20/h6-9,15H,5,10-11H2,1-4H3,(H,22,25). The number of aryl methyl sites for hydroxylation is 2. The first-order chi connectivity index (χ1) is 13.3. The SMILES string of the molecule is CCc1ccc(N2CC(C(=O)Nc3sc(C)c(C)c3C(=O)OC)CC2=O)cc1. The highest BCUT2D eigenvalue weighted by atomic mass is 32.1. The van der Waals surface area contributed by atoms with E-state index in [0.717, 1.165) is 22.5 Å². The molecule has 0 radical (unpaired) electrons. The van der Waals surface area contributed by atoms with Gasteiger partial charge in [-0.1, -0.05) is 19.1 Å². The van der Waals surface area contributed by atoms with Crippen LogP contribution in [0.25, 0.3) is 0 Å². The van der Waals surface area contributed by atoms with Crippen LogP contribution in [0.3, 0.4) is 0 Å². The van der Waals surface area contributed by atoms with Crippen molar-refractivity contribution in [3.8, 4) is 0 Å². The maximum atomic E-state index is 12.8. The van der Waals surface area contributed by atoms with E-state index in [1.807, 2.05) is 38.1 Å². The Morgan fingerprint density at radius 3 is 2.54 bits per heavy atom. The smallest absolute Gasteiger partial charge is 0.341 e. The number of esters is 1. The Bertz CT molecular complexity index is 917. The number of hydrogen-bond acceptors (Lipinski definition) is 5. The van der Waals surface area contributed by atoms with Gasteiger partial charge in [0.25, 0.3) is 0 Å².